The van der Waals surface area contributed by atoms with E-state index in [0.29, 0.717) is 0 Å². The number of nitrogens with one attached hydrogen (secondary N) is 1. The molecule has 0 aliphatic carbocycles. The maximum atomic E-state index is 5.53. The van der Waals surface area contributed by atoms with Gasteiger partial charge >= 0.3 is 0 Å². The van der Waals surface area contributed by atoms with Crippen LogP contribution in [0.25, 0.3) is 0 Å². The Kier molecular flexibility index (Phi) is 3.45. The lowest BCUT2D eigenvalue weighted by molar-refractivity contribution is -0.524. The Morgan fingerprint density at radius 2 is 1.74 bits per heavy atom. The van der Waals surface area contributed by atoms with E-state index < -0.39 is 0 Å². The highest BCUT2D eigenvalue weighted by molar-refractivity contribution is 6.14. The van der Waals surface area contributed by atoms with Crippen molar-refractivity contribution < 1.29 is 14.0 Å². The molecule has 0 fully saturated rings. The van der Waals surface area contributed by atoms with Crippen LogP contribution >= 0.6 is 0 Å². The topological polar surface area (TPSA) is 33.5 Å². The molecule has 0 atom stereocenters. The van der Waals surface area contributed by atoms with Gasteiger partial charge in [-0.15, -0.1) is 0 Å². The number of rotatable bonds is 2. The summed E-state index contributed by atoms with van der Waals surface area (Å²) in [5, 5.41) is 3.55. The molecule has 2 aliphatic heterocycles. The summed E-state index contributed by atoms with van der Waals surface area (Å²) in [4.78, 5) is 0. The van der Waals surface area contributed by atoms with Crippen molar-refractivity contribution in [3.8, 4) is 11.5 Å². The van der Waals surface area contributed by atoms with E-state index in [0.717, 1.165) is 37.6 Å². The molecule has 0 radical (unpaired) electrons. The molecular formula is C19H21N2O2+. The highest BCUT2D eigenvalue weighted by atomic mass is 16.5. The second-order valence-corrected chi connectivity index (χ2v) is 5.92. The third-order valence-corrected chi connectivity index (χ3v) is 4.71. The maximum Gasteiger partial charge on any atom is 0.217 e. The summed E-state index contributed by atoms with van der Waals surface area (Å²) in [6.07, 6.45) is 1.03. The Labute approximate surface area is 136 Å². The molecule has 118 valence electrons. The van der Waals surface area contributed by atoms with E-state index in [1.54, 1.807) is 14.2 Å². The van der Waals surface area contributed by atoms with Crippen LogP contribution in [0.15, 0.2) is 36.4 Å². The molecule has 0 spiro atoms. The van der Waals surface area contributed by atoms with Crippen LogP contribution in [0.5, 0.6) is 11.5 Å². The van der Waals surface area contributed by atoms with E-state index in [-0.39, 0.29) is 0 Å². The highest BCUT2D eigenvalue weighted by Crippen LogP contribution is 2.35. The average molecular weight is 309 g/mol. The first-order valence-corrected chi connectivity index (χ1v) is 8.02. The fraction of sp³-hybridized carbons (Fsp3) is 0.316. The van der Waals surface area contributed by atoms with Crippen molar-refractivity contribution in [1.82, 2.24) is 0 Å². The van der Waals surface area contributed by atoms with Gasteiger partial charge in [-0.1, -0.05) is 12.1 Å². The van der Waals surface area contributed by atoms with Crippen molar-refractivity contribution in [3.05, 3.63) is 53.1 Å². The number of hydrogen-bond acceptors (Lipinski definition) is 3. The van der Waals surface area contributed by atoms with E-state index in [2.05, 4.69) is 46.3 Å². The van der Waals surface area contributed by atoms with Crippen molar-refractivity contribution in [2.75, 3.05) is 39.2 Å². The van der Waals surface area contributed by atoms with Gasteiger partial charge < -0.3 is 14.8 Å². The number of anilines is 1. The van der Waals surface area contributed by atoms with Crippen molar-refractivity contribution in [3.63, 3.8) is 0 Å². The zero-order chi connectivity index (χ0) is 15.8. The van der Waals surface area contributed by atoms with Crippen molar-refractivity contribution >= 4 is 11.4 Å². The molecule has 1 N–H and O–H groups in total. The van der Waals surface area contributed by atoms with Crippen LogP contribution in [-0.4, -0.2) is 44.1 Å². The molecular weight excluding hydrogens is 288 g/mol. The number of ether oxygens (including phenoxy) is 2. The fourth-order valence-corrected chi connectivity index (χ4v) is 3.59. The van der Waals surface area contributed by atoms with Crippen LogP contribution in [0.1, 0.15) is 16.7 Å². The first-order valence-electron chi connectivity index (χ1n) is 8.02. The van der Waals surface area contributed by atoms with Gasteiger partial charge in [-0.05, 0) is 29.8 Å². The largest absolute Gasteiger partial charge is 0.493 e. The summed E-state index contributed by atoms with van der Waals surface area (Å²) in [6, 6.07) is 12.8. The minimum Gasteiger partial charge on any atom is -0.493 e. The molecule has 4 heteroatoms. The van der Waals surface area contributed by atoms with Crippen LogP contribution < -0.4 is 14.8 Å². The molecule has 0 saturated carbocycles. The number of benzene rings is 2. The Hall–Kier alpha value is -2.49. The number of methoxy groups -OCH3 is 2. The lowest BCUT2D eigenvalue weighted by Crippen LogP contribution is -2.31. The van der Waals surface area contributed by atoms with Gasteiger partial charge in [-0.25, -0.2) is 4.58 Å². The molecule has 0 unspecified atom stereocenters. The van der Waals surface area contributed by atoms with E-state index in [1.165, 1.54) is 28.1 Å². The molecule has 0 amide bonds. The normalized spacial score (nSPS) is 15.7. The Bertz CT molecular complexity index is 796. The number of nitrogens with zero attached hydrogens (tertiary/aromatic N) is 1. The summed E-state index contributed by atoms with van der Waals surface area (Å²) in [7, 11) is 3.38. The van der Waals surface area contributed by atoms with Gasteiger partial charge in [0.2, 0.25) is 5.71 Å². The summed E-state index contributed by atoms with van der Waals surface area (Å²) in [5.41, 5.74) is 6.34. The van der Waals surface area contributed by atoms with Crippen LogP contribution in [-0.2, 0) is 6.42 Å². The lowest BCUT2D eigenvalue weighted by atomic mass is 9.91. The third-order valence-electron chi connectivity index (χ3n) is 4.71. The molecule has 0 saturated heterocycles. The van der Waals surface area contributed by atoms with E-state index in [4.69, 9.17) is 9.47 Å². The SMILES string of the molecule is COc1cc2c(cc1OC)C1=[N+](CCNc3ccccc31)CC2. The Morgan fingerprint density at radius 3 is 2.57 bits per heavy atom. The average Bonchev–Trinajstić information content (AvgIpc) is 2.79. The predicted octanol–water partition coefficient (Wildman–Crippen LogP) is 2.54. The molecule has 4 rings (SSSR count). The second kappa shape index (κ2) is 5.61. The first-order chi connectivity index (χ1) is 11.3. The van der Waals surface area contributed by atoms with Gasteiger partial charge in [0.15, 0.2) is 18.0 Å². The summed E-state index contributed by atoms with van der Waals surface area (Å²) < 4.78 is 13.5. The molecule has 2 aromatic carbocycles. The van der Waals surface area contributed by atoms with Gasteiger partial charge in [0.1, 0.15) is 6.54 Å². The molecule has 0 aromatic heterocycles. The monoisotopic (exact) mass is 309 g/mol. The van der Waals surface area contributed by atoms with Gasteiger partial charge in [0.25, 0.3) is 0 Å². The van der Waals surface area contributed by atoms with Gasteiger partial charge in [0, 0.05) is 12.1 Å². The minimum atomic E-state index is 0.787. The van der Waals surface area contributed by atoms with Crippen LogP contribution in [0, 0.1) is 0 Å². The zero-order valence-electron chi connectivity index (χ0n) is 13.6. The van der Waals surface area contributed by atoms with E-state index >= 15 is 0 Å². The molecule has 23 heavy (non-hydrogen) atoms. The highest BCUT2D eigenvalue weighted by Gasteiger charge is 2.31. The quantitative estimate of drug-likeness (QED) is 0.866. The molecule has 0 bridgehead atoms. The Balaban J connectivity index is 1.96. The minimum absolute atomic E-state index is 0.787. The predicted molar refractivity (Wildman–Crippen MR) is 91.4 cm³/mol. The molecule has 2 aliphatic rings. The van der Waals surface area contributed by atoms with Crippen LogP contribution in [0.4, 0.5) is 5.69 Å². The fourth-order valence-electron chi connectivity index (χ4n) is 3.59. The molecule has 4 nitrogen and oxygen atoms in total. The maximum absolute atomic E-state index is 5.53. The zero-order valence-corrected chi connectivity index (χ0v) is 13.6. The summed E-state index contributed by atoms with van der Waals surface area (Å²) in [5.74, 6) is 1.59. The first kappa shape index (κ1) is 14.1. The second-order valence-electron chi connectivity index (χ2n) is 5.92. The van der Waals surface area contributed by atoms with E-state index in [1.807, 2.05) is 0 Å². The van der Waals surface area contributed by atoms with Crippen molar-refractivity contribution in [2.45, 2.75) is 6.42 Å². The van der Waals surface area contributed by atoms with Crippen LogP contribution in [0.3, 0.4) is 0 Å². The standard InChI is InChI=1S/C19H20N2O2/c1-22-17-11-13-7-9-21-10-8-20-16-6-4-3-5-14(16)19(21)15(13)12-18(17)23-2/h3-6,11-12H,7-10H2,1-2H3/p+1. The van der Waals surface area contributed by atoms with Crippen molar-refractivity contribution in [1.29, 1.82) is 0 Å². The summed E-state index contributed by atoms with van der Waals surface area (Å²) in [6.45, 7) is 3.01. The van der Waals surface area contributed by atoms with Crippen LogP contribution in [0.2, 0.25) is 0 Å². The molecule has 2 aromatic rings. The third kappa shape index (κ3) is 2.25. The smallest absolute Gasteiger partial charge is 0.217 e. The Morgan fingerprint density at radius 1 is 0.957 bits per heavy atom. The number of fused-ring (bicyclic) bond motifs is 4. The van der Waals surface area contributed by atoms with Crippen molar-refractivity contribution in [2.24, 2.45) is 0 Å². The number of para-hydroxylation sites is 1. The van der Waals surface area contributed by atoms with Gasteiger partial charge in [-0.2, -0.15) is 0 Å². The lowest BCUT2D eigenvalue weighted by Gasteiger charge is -2.20. The van der Waals surface area contributed by atoms with Gasteiger partial charge in [0.05, 0.1) is 31.9 Å². The summed E-state index contributed by atoms with van der Waals surface area (Å²) >= 11 is 0. The number of hydrogen-bond donors (Lipinski definition) is 1. The molecule has 2 heterocycles. The van der Waals surface area contributed by atoms with E-state index in [9.17, 15) is 0 Å². The van der Waals surface area contributed by atoms with Gasteiger partial charge in [-0.3, -0.25) is 0 Å².